The predicted molar refractivity (Wildman–Crippen MR) is 104 cm³/mol. The highest BCUT2D eigenvalue weighted by molar-refractivity contribution is 6.07. The van der Waals surface area contributed by atoms with E-state index in [1.807, 2.05) is 0 Å². The largest absolute Gasteiger partial charge is 0.378 e. The van der Waals surface area contributed by atoms with Crippen LogP contribution in [0.3, 0.4) is 0 Å². The van der Waals surface area contributed by atoms with Crippen LogP contribution in [0.25, 0.3) is 6.08 Å². The first kappa shape index (κ1) is 19.2. The molecule has 2 amide bonds. The first-order valence-corrected chi connectivity index (χ1v) is 8.75. The lowest BCUT2D eigenvalue weighted by Crippen LogP contribution is -2.41. The Morgan fingerprint density at radius 1 is 1.07 bits per heavy atom. The van der Waals surface area contributed by atoms with Gasteiger partial charge in [-0.3, -0.25) is 19.7 Å². The number of carbonyl (C=O) groups excluding carboxylic acids is 2. The van der Waals surface area contributed by atoms with Crippen LogP contribution < -0.4 is 5.32 Å². The van der Waals surface area contributed by atoms with Gasteiger partial charge in [0.25, 0.3) is 11.6 Å². The lowest BCUT2D eigenvalue weighted by molar-refractivity contribution is -0.385. The topological polar surface area (TPSA) is 102 Å². The van der Waals surface area contributed by atoms with E-state index >= 15 is 0 Å². The first-order valence-electron chi connectivity index (χ1n) is 8.75. The number of carbonyl (C=O) groups is 2. The second-order valence-corrected chi connectivity index (χ2v) is 6.09. The van der Waals surface area contributed by atoms with E-state index in [2.05, 4.69) is 5.32 Å². The quantitative estimate of drug-likeness (QED) is 0.487. The van der Waals surface area contributed by atoms with E-state index in [1.54, 1.807) is 47.4 Å². The SMILES string of the molecule is O=C(C=Cc1ccccc1[N+](=O)[O-])Nc1ccccc1C(=O)N1CCOCC1. The summed E-state index contributed by atoms with van der Waals surface area (Å²) < 4.78 is 5.26. The molecule has 1 fully saturated rings. The summed E-state index contributed by atoms with van der Waals surface area (Å²) in [5.74, 6) is -0.665. The maximum Gasteiger partial charge on any atom is 0.276 e. The third kappa shape index (κ3) is 4.60. The van der Waals surface area contributed by atoms with Crippen molar-refractivity contribution < 1.29 is 19.2 Å². The molecule has 1 heterocycles. The number of nitrogens with one attached hydrogen (secondary N) is 1. The van der Waals surface area contributed by atoms with Gasteiger partial charge in [0.15, 0.2) is 0 Å². The van der Waals surface area contributed by atoms with Crippen molar-refractivity contribution in [3.8, 4) is 0 Å². The predicted octanol–water partition coefficient (Wildman–Crippen LogP) is 2.72. The van der Waals surface area contributed by atoms with Crippen LogP contribution in [0, 0.1) is 10.1 Å². The standard InChI is InChI=1S/C20H19N3O5/c24-19(10-9-15-5-1-4-8-18(15)23(26)27)21-17-7-3-2-6-16(17)20(25)22-11-13-28-14-12-22/h1-10H,11-14H2,(H,21,24). The number of anilines is 1. The third-order valence-electron chi connectivity index (χ3n) is 4.26. The monoisotopic (exact) mass is 381 g/mol. The highest BCUT2D eigenvalue weighted by atomic mass is 16.6. The van der Waals surface area contributed by atoms with E-state index in [9.17, 15) is 19.7 Å². The second-order valence-electron chi connectivity index (χ2n) is 6.09. The second kappa shape index (κ2) is 8.92. The minimum atomic E-state index is -0.506. The molecule has 2 aromatic carbocycles. The molecule has 0 spiro atoms. The van der Waals surface area contributed by atoms with Gasteiger partial charge in [-0.2, -0.15) is 0 Å². The zero-order chi connectivity index (χ0) is 19.9. The molecule has 1 saturated heterocycles. The summed E-state index contributed by atoms with van der Waals surface area (Å²) in [7, 11) is 0. The van der Waals surface area contributed by atoms with Crippen molar-refractivity contribution in [2.75, 3.05) is 31.6 Å². The summed E-state index contributed by atoms with van der Waals surface area (Å²) >= 11 is 0. The van der Waals surface area contributed by atoms with E-state index < -0.39 is 10.8 Å². The molecule has 8 heteroatoms. The highest BCUT2D eigenvalue weighted by Gasteiger charge is 2.21. The Hall–Kier alpha value is -3.52. The number of para-hydroxylation sites is 2. The van der Waals surface area contributed by atoms with E-state index in [1.165, 1.54) is 18.2 Å². The average molecular weight is 381 g/mol. The van der Waals surface area contributed by atoms with Gasteiger partial charge in [-0.1, -0.05) is 24.3 Å². The first-order chi connectivity index (χ1) is 13.6. The molecule has 144 valence electrons. The highest BCUT2D eigenvalue weighted by Crippen LogP contribution is 2.20. The number of nitrogens with zero attached hydrogens (tertiary/aromatic N) is 2. The summed E-state index contributed by atoms with van der Waals surface area (Å²) in [5.41, 5.74) is 1.00. The molecular weight excluding hydrogens is 362 g/mol. The van der Waals surface area contributed by atoms with E-state index in [-0.39, 0.29) is 11.6 Å². The Labute approximate surface area is 161 Å². The van der Waals surface area contributed by atoms with Crippen molar-refractivity contribution in [2.45, 2.75) is 0 Å². The number of hydrogen-bond acceptors (Lipinski definition) is 5. The van der Waals surface area contributed by atoms with Gasteiger partial charge in [0.1, 0.15) is 0 Å². The normalized spacial score (nSPS) is 14.1. The van der Waals surface area contributed by atoms with Crippen LogP contribution >= 0.6 is 0 Å². The molecule has 0 bridgehead atoms. The van der Waals surface area contributed by atoms with Gasteiger partial charge in [-0.25, -0.2) is 0 Å². The van der Waals surface area contributed by atoms with Gasteiger partial charge < -0.3 is 15.0 Å². The number of nitro benzene ring substituents is 1. The summed E-state index contributed by atoms with van der Waals surface area (Å²) in [4.78, 5) is 37.3. The fourth-order valence-corrected chi connectivity index (χ4v) is 2.85. The fourth-order valence-electron chi connectivity index (χ4n) is 2.85. The van der Waals surface area contributed by atoms with E-state index in [0.29, 0.717) is 43.1 Å². The lowest BCUT2D eigenvalue weighted by Gasteiger charge is -2.27. The number of morpholine rings is 1. The number of hydrogen-bond donors (Lipinski definition) is 1. The van der Waals surface area contributed by atoms with Crippen molar-refractivity contribution in [3.05, 3.63) is 75.8 Å². The smallest absolute Gasteiger partial charge is 0.276 e. The van der Waals surface area contributed by atoms with Gasteiger partial charge >= 0.3 is 0 Å². The summed E-state index contributed by atoms with van der Waals surface area (Å²) in [6, 6.07) is 12.9. The minimum absolute atomic E-state index is 0.0885. The Bertz CT molecular complexity index is 920. The van der Waals surface area contributed by atoms with Gasteiger partial charge in [0.2, 0.25) is 5.91 Å². The minimum Gasteiger partial charge on any atom is -0.378 e. The van der Waals surface area contributed by atoms with Crippen LogP contribution in [0.4, 0.5) is 11.4 Å². The van der Waals surface area contributed by atoms with Gasteiger partial charge in [0, 0.05) is 25.2 Å². The molecule has 8 nitrogen and oxygen atoms in total. The molecule has 1 aliphatic heterocycles. The number of nitro groups is 1. The number of rotatable bonds is 5. The van der Waals surface area contributed by atoms with Crippen LogP contribution in [0.2, 0.25) is 0 Å². The molecule has 1 aliphatic rings. The number of benzene rings is 2. The number of amides is 2. The van der Waals surface area contributed by atoms with Crippen LogP contribution in [0.5, 0.6) is 0 Å². The summed E-state index contributed by atoms with van der Waals surface area (Å²) in [5, 5.41) is 13.7. The van der Waals surface area contributed by atoms with Crippen molar-refractivity contribution >= 4 is 29.3 Å². The molecule has 0 aliphatic carbocycles. The Morgan fingerprint density at radius 2 is 1.75 bits per heavy atom. The Kier molecular flexibility index (Phi) is 6.13. The van der Waals surface area contributed by atoms with Crippen molar-refractivity contribution in [2.24, 2.45) is 0 Å². The molecule has 28 heavy (non-hydrogen) atoms. The summed E-state index contributed by atoms with van der Waals surface area (Å²) in [6.07, 6.45) is 2.58. The van der Waals surface area contributed by atoms with Crippen molar-refractivity contribution in [1.29, 1.82) is 0 Å². The molecule has 0 saturated carbocycles. The number of ether oxygens (including phenoxy) is 1. The maximum absolute atomic E-state index is 12.7. The van der Waals surface area contributed by atoms with Gasteiger partial charge in [0.05, 0.1) is 35.0 Å². The van der Waals surface area contributed by atoms with E-state index in [4.69, 9.17) is 4.74 Å². The van der Waals surface area contributed by atoms with Crippen LogP contribution in [-0.4, -0.2) is 47.9 Å². The van der Waals surface area contributed by atoms with E-state index in [0.717, 1.165) is 0 Å². The van der Waals surface area contributed by atoms with Crippen LogP contribution in [0.1, 0.15) is 15.9 Å². The van der Waals surface area contributed by atoms with Crippen molar-refractivity contribution in [3.63, 3.8) is 0 Å². The maximum atomic E-state index is 12.7. The Morgan fingerprint density at radius 3 is 2.50 bits per heavy atom. The van der Waals surface area contributed by atoms with Crippen molar-refractivity contribution in [1.82, 2.24) is 4.90 Å². The zero-order valence-electron chi connectivity index (χ0n) is 15.0. The summed E-state index contributed by atoms with van der Waals surface area (Å²) in [6.45, 7) is 1.97. The zero-order valence-corrected chi connectivity index (χ0v) is 15.0. The fraction of sp³-hybridized carbons (Fsp3) is 0.200. The molecular formula is C20H19N3O5. The lowest BCUT2D eigenvalue weighted by atomic mass is 10.1. The van der Waals surface area contributed by atoms with Gasteiger partial charge in [-0.15, -0.1) is 0 Å². The third-order valence-corrected chi connectivity index (χ3v) is 4.26. The molecule has 2 aromatic rings. The van der Waals surface area contributed by atoms with Crippen LogP contribution in [-0.2, 0) is 9.53 Å². The molecule has 3 rings (SSSR count). The van der Waals surface area contributed by atoms with Crippen LogP contribution in [0.15, 0.2) is 54.6 Å². The van der Waals surface area contributed by atoms with Gasteiger partial charge in [-0.05, 0) is 24.3 Å². The molecule has 1 N–H and O–H groups in total. The molecule has 0 atom stereocenters. The molecule has 0 radical (unpaired) electrons. The Balaban J connectivity index is 1.74. The molecule has 0 aromatic heterocycles. The molecule has 0 unspecified atom stereocenters. The average Bonchev–Trinajstić information content (AvgIpc) is 2.73.